The molecule has 0 bridgehead atoms. The predicted octanol–water partition coefficient (Wildman–Crippen LogP) is 0.734. The molecule has 2 N–H and O–H groups in total. The third-order valence-electron chi connectivity index (χ3n) is 2.62. The number of carbonyl (C=O) groups is 1. The van der Waals surface area contributed by atoms with E-state index in [4.69, 9.17) is 0 Å². The van der Waals surface area contributed by atoms with Crippen molar-refractivity contribution < 1.29 is 13.2 Å². The first-order valence-electron chi connectivity index (χ1n) is 5.35. The van der Waals surface area contributed by atoms with E-state index >= 15 is 0 Å². The second-order valence-electron chi connectivity index (χ2n) is 4.07. The molecule has 17 heavy (non-hydrogen) atoms. The molecule has 1 amide bonds. The molecule has 0 spiro atoms. The van der Waals surface area contributed by atoms with Crippen LogP contribution in [0, 0.1) is 0 Å². The number of sulfonamides is 1. The number of rotatable bonds is 2. The zero-order valence-electron chi connectivity index (χ0n) is 9.49. The van der Waals surface area contributed by atoms with Gasteiger partial charge in [0.25, 0.3) is 5.91 Å². The molecule has 1 heterocycles. The Balaban J connectivity index is 2.36. The number of fused-ring (bicyclic) bond motifs is 1. The molecule has 0 atom stereocenters. The van der Waals surface area contributed by atoms with Gasteiger partial charge in [0.2, 0.25) is 10.0 Å². The van der Waals surface area contributed by atoms with Crippen LogP contribution >= 0.6 is 0 Å². The van der Waals surface area contributed by atoms with Gasteiger partial charge < -0.3 is 5.32 Å². The van der Waals surface area contributed by atoms with Crippen molar-refractivity contribution in [2.45, 2.75) is 12.8 Å². The number of hydrogen-bond acceptors (Lipinski definition) is 4. The molecular formula is C11H14N2O3S. The van der Waals surface area contributed by atoms with Gasteiger partial charge in [0.15, 0.2) is 0 Å². The Bertz CT molecular complexity index is 552. The maximum atomic E-state index is 11.8. The Hall–Kier alpha value is -1.56. The molecule has 0 unspecified atom stereocenters. The normalized spacial score (nSPS) is 14.6. The molecule has 1 aromatic rings. The summed E-state index contributed by atoms with van der Waals surface area (Å²) in [6.45, 7) is 0.879. The fourth-order valence-corrected chi connectivity index (χ4v) is 2.39. The first kappa shape index (κ1) is 11.9. The summed E-state index contributed by atoms with van der Waals surface area (Å²) in [5.74, 6) is -0.562. The molecular weight excluding hydrogens is 240 g/mol. The molecule has 0 fully saturated rings. The SMILES string of the molecule is CS(=O)(=O)NC(=O)c1cccc2c1CCCN2. The summed E-state index contributed by atoms with van der Waals surface area (Å²) in [4.78, 5) is 11.8. The molecule has 92 valence electrons. The van der Waals surface area contributed by atoms with Gasteiger partial charge in [-0.1, -0.05) is 6.07 Å². The van der Waals surface area contributed by atoms with E-state index in [1.54, 1.807) is 12.1 Å². The number of hydrogen-bond donors (Lipinski definition) is 2. The molecule has 6 heteroatoms. The largest absolute Gasteiger partial charge is 0.385 e. The Morgan fingerprint density at radius 3 is 2.88 bits per heavy atom. The molecule has 0 aromatic heterocycles. The molecule has 0 aliphatic carbocycles. The monoisotopic (exact) mass is 254 g/mol. The maximum Gasteiger partial charge on any atom is 0.265 e. The fraction of sp³-hybridized carbons (Fsp3) is 0.364. The average Bonchev–Trinajstić information content (AvgIpc) is 2.26. The summed E-state index contributed by atoms with van der Waals surface area (Å²) in [5, 5.41) is 3.19. The molecule has 1 aliphatic rings. The topological polar surface area (TPSA) is 75.3 Å². The highest BCUT2D eigenvalue weighted by atomic mass is 32.2. The van der Waals surface area contributed by atoms with Crippen molar-refractivity contribution in [3.63, 3.8) is 0 Å². The van der Waals surface area contributed by atoms with Crippen LogP contribution in [0.25, 0.3) is 0 Å². The summed E-state index contributed by atoms with van der Waals surface area (Å²) in [7, 11) is -3.52. The lowest BCUT2D eigenvalue weighted by Gasteiger charge is -2.20. The number of benzene rings is 1. The summed E-state index contributed by atoms with van der Waals surface area (Å²) in [6.07, 6.45) is 2.70. The van der Waals surface area contributed by atoms with Gasteiger partial charge in [0.05, 0.1) is 6.26 Å². The van der Waals surface area contributed by atoms with Crippen LogP contribution in [0.15, 0.2) is 18.2 Å². The molecule has 0 saturated carbocycles. The van der Waals surface area contributed by atoms with Gasteiger partial charge >= 0.3 is 0 Å². The highest BCUT2D eigenvalue weighted by Crippen LogP contribution is 2.25. The van der Waals surface area contributed by atoms with Crippen molar-refractivity contribution >= 4 is 21.6 Å². The number of nitrogens with one attached hydrogen (secondary N) is 2. The van der Waals surface area contributed by atoms with Crippen LogP contribution in [0.2, 0.25) is 0 Å². The van der Waals surface area contributed by atoms with Gasteiger partial charge in [-0.15, -0.1) is 0 Å². The van der Waals surface area contributed by atoms with Gasteiger partial charge in [0, 0.05) is 17.8 Å². The third kappa shape index (κ3) is 2.76. The highest BCUT2D eigenvalue weighted by Gasteiger charge is 2.19. The quantitative estimate of drug-likeness (QED) is 0.816. The second kappa shape index (κ2) is 4.37. The number of carbonyl (C=O) groups excluding carboxylic acids is 1. The maximum absolute atomic E-state index is 11.8. The highest BCUT2D eigenvalue weighted by molar-refractivity contribution is 7.89. The summed E-state index contributed by atoms with van der Waals surface area (Å²) >= 11 is 0. The minimum absolute atomic E-state index is 0.431. The molecule has 5 nitrogen and oxygen atoms in total. The average molecular weight is 254 g/mol. The van der Waals surface area contributed by atoms with Gasteiger partial charge in [-0.2, -0.15) is 0 Å². The Morgan fingerprint density at radius 2 is 2.18 bits per heavy atom. The van der Waals surface area contributed by atoms with Crippen molar-refractivity contribution in [1.82, 2.24) is 4.72 Å². The Morgan fingerprint density at radius 1 is 1.41 bits per heavy atom. The van der Waals surface area contributed by atoms with Gasteiger partial charge in [0.1, 0.15) is 0 Å². The third-order valence-corrected chi connectivity index (χ3v) is 3.17. The summed E-state index contributed by atoms with van der Waals surface area (Å²) < 4.78 is 24.1. The van der Waals surface area contributed by atoms with Crippen LogP contribution in [0.5, 0.6) is 0 Å². The van der Waals surface area contributed by atoms with E-state index in [1.165, 1.54) is 0 Å². The second-order valence-corrected chi connectivity index (χ2v) is 5.81. The number of anilines is 1. The minimum atomic E-state index is -3.52. The van der Waals surface area contributed by atoms with Crippen LogP contribution in [-0.4, -0.2) is 27.1 Å². The molecule has 0 saturated heterocycles. The standard InChI is InChI=1S/C11H14N2O3S/c1-17(15,16)13-11(14)9-4-2-6-10-8(9)5-3-7-12-10/h2,4,6,12H,3,5,7H2,1H3,(H,13,14). The van der Waals surface area contributed by atoms with Crippen molar-refractivity contribution in [2.24, 2.45) is 0 Å². The van der Waals surface area contributed by atoms with Gasteiger partial charge in [-0.25, -0.2) is 13.1 Å². The smallest absolute Gasteiger partial charge is 0.265 e. The van der Waals surface area contributed by atoms with Crippen LogP contribution < -0.4 is 10.0 Å². The Kier molecular flexibility index (Phi) is 3.06. The molecule has 1 aliphatic heterocycles. The Labute approximate surface area is 100 Å². The van der Waals surface area contributed by atoms with Crippen molar-refractivity contribution in [3.8, 4) is 0 Å². The summed E-state index contributed by atoms with van der Waals surface area (Å²) in [5.41, 5.74) is 2.23. The van der Waals surface area contributed by atoms with Crippen LogP contribution in [-0.2, 0) is 16.4 Å². The number of amides is 1. The van der Waals surface area contributed by atoms with Gasteiger partial charge in [-0.3, -0.25) is 4.79 Å². The molecule has 0 radical (unpaired) electrons. The lowest BCUT2D eigenvalue weighted by molar-refractivity contribution is 0.0980. The van der Waals surface area contributed by atoms with E-state index in [9.17, 15) is 13.2 Å². The molecule has 2 rings (SSSR count). The zero-order valence-corrected chi connectivity index (χ0v) is 10.3. The van der Waals surface area contributed by atoms with Gasteiger partial charge in [-0.05, 0) is 30.5 Å². The fourth-order valence-electron chi connectivity index (χ4n) is 1.95. The van der Waals surface area contributed by atoms with E-state index in [0.717, 1.165) is 36.9 Å². The van der Waals surface area contributed by atoms with Crippen molar-refractivity contribution in [1.29, 1.82) is 0 Å². The first-order valence-corrected chi connectivity index (χ1v) is 7.24. The van der Waals surface area contributed by atoms with E-state index in [1.807, 2.05) is 10.8 Å². The van der Waals surface area contributed by atoms with E-state index < -0.39 is 15.9 Å². The van der Waals surface area contributed by atoms with E-state index in [2.05, 4.69) is 5.32 Å². The van der Waals surface area contributed by atoms with Crippen LogP contribution in [0.4, 0.5) is 5.69 Å². The summed E-state index contributed by atoms with van der Waals surface area (Å²) in [6, 6.07) is 5.28. The lowest BCUT2D eigenvalue weighted by Crippen LogP contribution is -2.30. The first-order chi connectivity index (χ1) is 7.97. The predicted molar refractivity (Wildman–Crippen MR) is 65.6 cm³/mol. The minimum Gasteiger partial charge on any atom is -0.385 e. The van der Waals surface area contributed by atoms with Crippen LogP contribution in [0.3, 0.4) is 0 Å². The lowest BCUT2D eigenvalue weighted by atomic mass is 9.97. The van der Waals surface area contributed by atoms with E-state index in [0.29, 0.717) is 5.56 Å². The van der Waals surface area contributed by atoms with Crippen LogP contribution in [0.1, 0.15) is 22.3 Å². The molecule has 1 aromatic carbocycles. The van der Waals surface area contributed by atoms with Crippen molar-refractivity contribution in [3.05, 3.63) is 29.3 Å². The van der Waals surface area contributed by atoms with Crippen molar-refractivity contribution in [2.75, 3.05) is 18.1 Å². The zero-order chi connectivity index (χ0) is 12.5. The van der Waals surface area contributed by atoms with E-state index in [-0.39, 0.29) is 0 Å².